The topological polar surface area (TPSA) is 104 Å². The number of ketones is 1. The van der Waals surface area contributed by atoms with E-state index in [0.717, 1.165) is 42.7 Å². The second-order valence-electron chi connectivity index (χ2n) is 7.84. The Morgan fingerprint density at radius 1 is 1.15 bits per heavy atom. The van der Waals surface area contributed by atoms with Gasteiger partial charge in [-0.3, -0.25) is 14.6 Å². The van der Waals surface area contributed by atoms with Crippen LogP contribution in [0.3, 0.4) is 0 Å². The van der Waals surface area contributed by atoms with Gasteiger partial charge in [0.2, 0.25) is 5.95 Å². The lowest BCUT2D eigenvalue weighted by Gasteiger charge is -2.17. The zero-order chi connectivity index (χ0) is 23.6. The number of hydrogen-bond donors (Lipinski definition) is 3. The fourth-order valence-electron chi connectivity index (χ4n) is 3.62. The Morgan fingerprint density at radius 2 is 1.91 bits per heavy atom. The van der Waals surface area contributed by atoms with Crippen molar-refractivity contribution in [1.82, 2.24) is 20.2 Å². The Hall–Kier alpha value is -3.47. The van der Waals surface area contributed by atoms with Crippen LogP contribution >= 0.6 is 0 Å². The molecule has 0 amide bonds. The number of rotatable bonds is 10. The van der Waals surface area contributed by atoms with Crippen LogP contribution in [0.1, 0.15) is 48.2 Å². The molecular weight excluding hydrogens is 414 g/mol. The molecule has 0 bridgehead atoms. The largest absolute Gasteiger partial charge is 0.369 e. The normalized spacial score (nSPS) is 10.9. The van der Waals surface area contributed by atoms with Gasteiger partial charge >= 0.3 is 0 Å². The third-order valence-electron chi connectivity index (χ3n) is 5.54. The van der Waals surface area contributed by atoms with E-state index in [1.165, 1.54) is 0 Å². The summed E-state index contributed by atoms with van der Waals surface area (Å²) in [5.41, 5.74) is 8.48. The van der Waals surface area contributed by atoms with Crippen molar-refractivity contribution in [1.29, 1.82) is 0 Å². The summed E-state index contributed by atoms with van der Waals surface area (Å²) >= 11 is 0. The molecule has 3 aromatic rings. The number of nitrogens with one attached hydrogen (secondary N) is 2. The van der Waals surface area contributed by atoms with Gasteiger partial charge in [-0.1, -0.05) is 43.9 Å². The molecule has 0 aliphatic carbocycles. The Balaban J connectivity index is 1.46. The molecule has 0 saturated carbocycles. The molecule has 1 heterocycles. The molecule has 0 saturated heterocycles. The Labute approximate surface area is 194 Å². The van der Waals surface area contributed by atoms with E-state index < -0.39 is 0 Å². The average Bonchev–Trinajstić information content (AvgIpc) is 2.82. The standard InChI is InChI=1S/C26H31N5O2/c1-3-31(4-2)16-6-8-24(32)21-12-9-19(10-13-21)7-5-15-28-18-20-11-14-23-22(17-20)25(33)30-26(27)29-23/h9-14,17,28H,3-4,6,8,15-16,18H2,1-2H3,(H3,27,29,30,33). The molecule has 7 heteroatoms. The molecule has 0 atom stereocenters. The van der Waals surface area contributed by atoms with E-state index in [9.17, 15) is 9.59 Å². The number of fused-ring (bicyclic) bond motifs is 1. The molecule has 33 heavy (non-hydrogen) atoms. The lowest BCUT2D eigenvalue weighted by molar-refractivity contribution is 0.0975. The maximum absolute atomic E-state index is 12.4. The number of aromatic nitrogens is 2. The molecule has 2 aromatic carbocycles. The Morgan fingerprint density at radius 3 is 2.64 bits per heavy atom. The van der Waals surface area contributed by atoms with E-state index in [0.29, 0.717) is 30.4 Å². The number of aromatic amines is 1. The number of H-pyrrole nitrogens is 1. The van der Waals surface area contributed by atoms with Gasteiger partial charge in [0.1, 0.15) is 0 Å². The number of nitrogen functional groups attached to an aromatic ring is 1. The van der Waals surface area contributed by atoms with Gasteiger partial charge in [0.05, 0.1) is 17.4 Å². The molecule has 0 aliphatic heterocycles. The Bertz CT molecular complexity index is 1200. The quantitative estimate of drug-likeness (QED) is 0.252. The molecule has 3 rings (SSSR count). The van der Waals surface area contributed by atoms with Gasteiger partial charge in [0.25, 0.3) is 5.56 Å². The highest BCUT2D eigenvalue weighted by molar-refractivity contribution is 5.96. The highest BCUT2D eigenvalue weighted by atomic mass is 16.1. The number of hydrogen-bond acceptors (Lipinski definition) is 6. The molecule has 7 nitrogen and oxygen atoms in total. The zero-order valence-electron chi connectivity index (χ0n) is 19.3. The SMILES string of the molecule is CCN(CC)CCCC(=O)c1ccc(C#CCNCc2ccc3nc(N)[nH]c(=O)c3c2)cc1. The van der Waals surface area contributed by atoms with E-state index in [1.807, 2.05) is 30.3 Å². The van der Waals surface area contributed by atoms with Gasteiger partial charge in [0.15, 0.2) is 5.78 Å². The first kappa shape index (κ1) is 24.2. The first-order valence-corrected chi connectivity index (χ1v) is 11.3. The lowest BCUT2D eigenvalue weighted by Crippen LogP contribution is -2.24. The van der Waals surface area contributed by atoms with E-state index >= 15 is 0 Å². The van der Waals surface area contributed by atoms with Crippen molar-refractivity contribution >= 4 is 22.6 Å². The van der Waals surface area contributed by atoms with Crippen LogP contribution in [0.5, 0.6) is 0 Å². The lowest BCUT2D eigenvalue weighted by atomic mass is 10.0. The molecule has 0 radical (unpaired) electrons. The predicted molar refractivity (Wildman–Crippen MR) is 133 cm³/mol. The molecule has 0 aliphatic rings. The van der Waals surface area contributed by atoms with Gasteiger partial charge in [-0.05, 0) is 55.9 Å². The molecule has 4 N–H and O–H groups in total. The van der Waals surface area contributed by atoms with E-state index in [1.54, 1.807) is 12.1 Å². The van der Waals surface area contributed by atoms with Gasteiger partial charge in [0, 0.05) is 24.1 Å². The van der Waals surface area contributed by atoms with Crippen molar-refractivity contribution in [2.75, 3.05) is 31.9 Å². The summed E-state index contributed by atoms with van der Waals surface area (Å²) < 4.78 is 0. The van der Waals surface area contributed by atoms with Crippen LogP contribution in [0.2, 0.25) is 0 Å². The van der Waals surface area contributed by atoms with Crippen molar-refractivity contribution in [2.45, 2.75) is 33.2 Å². The summed E-state index contributed by atoms with van der Waals surface area (Å²) in [5.74, 6) is 6.48. The number of carbonyl (C=O) groups excluding carboxylic acids is 1. The maximum Gasteiger partial charge on any atom is 0.260 e. The first-order chi connectivity index (χ1) is 16.0. The van der Waals surface area contributed by atoms with Crippen LogP contribution < -0.4 is 16.6 Å². The summed E-state index contributed by atoms with van der Waals surface area (Å²) in [7, 11) is 0. The minimum Gasteiger partial charge on any atom is -0.369 e. The van der Waals surface area contributed by atoms with E-state index in [4.69, 9.17) is 5.73 Å². The number of nitrogens with two attached hydrogens (primary N) is 1. The van der Waals surface area contributed by atoms with Crippen LogP contribution in [-0.2, 0) is 6.54 Å². The fraction of sp³-hybridized carbons (Fsp3) is 0.346. The number of carbonyl (C=O) groups is 1. The van der Waals surface area contributed by atoms with Crippen molar-refractivity contribution in [2.24, 2.45) is 0 Å². The second-order valence-corrected chi connectivity index (χ2v) is 7.84. The smallest absolute Gasteiger partial charge is 0.260 e. The number of Topliss-reactive ketones (excluding diaryl/α,β-unsaturated/α-hetero) is 1. The predicted octanol–water partition coefficient (Wildman–Crippen LogP) is 2.95. The van der Waals surface area contributed by atoms with Gasteiger partial charge in [-0.15, -0.1) is 0 Å². The van der Waals surface area contributed by atoms with Gasteiger partial charge in [-0.25, -0.2) is 4.98 Å². The number of nitrogens with zero attached hydrogens (tertiary/aromatic N) is 2. The molecule has 0 fully saturated rings. The van der Waals surface area contributed by atoms with Crippen LogP contribution in [0.4, 0.5) is 5.95 Å². The van der Waals surface area contributed by atoms with E-state index in [2.05, 4.69) is 45.9 Å². The summed E-state index contributed by atoms with van der Waals surface area (Å²) in [4.78, 5) is 33.3. The van der Waals surface area contributed by atoms with Crippen molar-refractivity contribution in [3.8, 4) is 11.8 Å². The fourth-order valence-corrected chi connectivity index (χ4v) is 3.62. The second kappa shape index (κ2) is 12.0. The van der Waals surface area contributed by atoms with E-state index in [-0.39, 0.29) is 17.3 Å². The molecule has 0 unspecified atom stereocenters. The van der Waals surface area contributed by atoms with Gasteiger partial charge < -0.3 is 16.0 Å². The minimum atomic E-state index is -0.245. The van der Waals surface area contributed by atoms with Crippen LogP contribution in [0, 0.1) is 11.8 Å². The van der Waals surface area contributed by atoms with Gasteiger partial charge in [-0.2, -0.15) is 0 Å². The first-order valence-electron chi connectivity index (χ1n) is 11.3. The number of anilines is 1. The average molecular weight is 446 g/mol. The molecule has 172 valence electrons. The highest BCUT2D eigenvalue weighted by Gasteiger charge is 2.07. The number of benzene rings is 2. The molecular formula is C26H31N5O2. The van der Waals surface area contributed by atoms with Crippen molar-refractivity contribution in [3.63, 3.8) is 0 Å². The molecule has 1 aromatic heterocycles. The third kappa shape index (κ3) is 7.01. The summed E-state index contributed by atoms with van der Waals surface area (Å²) in [6, 6.07) is 13.0. The third-order valence-corrected chi connectivity index (χ3v) is 5.54. The van der Waals surface area contributed by atoms with Crippen LogP contribution in [0.25, 0.3) is 10.9 Å². The van der Waals surface area contributed by atoms with Crippen LogP contribution in [0.15, 0.2) is 47.3 Å². The zero-order valence-corrected chi connectivity index (χ0v) is 19.3. The highest BCUT2D eigenvalue weighted by Crippen LogP contribution is 2.11. The Kier molecular flexibility index (Phi) is 8.76. The van der Waals surface area contributed by atoms with Crippen LogP contribution in [-0.4, -0.2) is 46.8 Å². The summed E-state index contributed by atoms with van der Waals surface area (Å²) in [6.45, 7) is 8.35. The van der Waals surface area contributed by atoms with Crippen molar-refractivity contribution < 1.29 is 4.79 Å². The monoisotopic (exact) mass is 445 g/mol. The summed E-state index contributed by atoms with van der Waals surface area (Å²) in [6.07, 6.45) is 1.44. The maximum atomic E-state index is 12.4. The summed E-state index contributed by atoms with van der Waals surface area (Å²) in [5, 5.41) is 3.76. The minimum absolute atomic E-state index is 0.112. The van der Waals surface area contributed by atoms with Crippen molar-refractivity contribution in [3.05, 3.63) is 69.5 Å². The molecule has 0 spiro atoms.